The van der Waals surface area contributed by atoms with Crippen LogP contribution in [-0.2, 0) is 23.9 Å². The Labute approximate surface area is 341 Å². The zero-order valence-corrected chi connectivity index (χ0v) is 35.7. The predicted octanol–water partition coefficient (Wildman–Crippen LogP) is 10.0. The van der Waals surface area contributed by atoms with Gasteiger partial charge in [-0.1, -0.05) is 140 Å². The molecular weight excluding hydrogens is 705 g/mol. The maximum absolute atomic E-state index is 12.8. The Morgan fingerprint density at radius 3 is 1.30 bits per heavy atom. The molecule has 3 N–H and O–H groups in total. The standard InChI is InChI=1S/C47H82N2O7/c1-3-5-7-9-11-13-15-17-19-21-23-25-27-29-31-33-35-55-46(53)37-42(48-45(52)41-49-39-43(50)44(51)40-49)38-47(54)56-36-34-32-30-28-26-24-22-20-18-16-14-12-10-8-6-4-2/h11-14,17-20,42-44,50-51H,3-10,15-16,21-41H2,1-2H3,(H,48,52)/b13-11-,14-12-,19-17-,20-18-. The molecule has 9 heteroatoms. The number of likely N-dealkylation sites (tertiary alicyclic amines) is 1. The van der Waals surface area contributed by atoms with E-state index in [-0.39, 0.29) is 38.4 Å². The van der Waals surface area contributed by atoms with Crippen molar-refractivity contribution in [3.05, 3.63) is 48.6 Å². The highest BCUT2D eigenvalue weighted by atomic mass is 16.5. The van der Waals surface area contributed by atoms with Crippen LogP contribution in [0.1, 0.15) is 181 Å². The van der Waals surface area contributed by atoms with Crippen molar-refractivity contribution in [1.82, 2.24) is 10.2 Å². The number of allylic oxidation sites excluding steroid dienone is 8. The van der Waals surface area contributed by atoms with E-state index in [1.807, 2.05) is 0 Å². The molecule has 0 saturated carbocycles. The lowest BCUT2D eigenvalue weighted by Gasteiger charge is -2.20. The molecule has 1 saturated heterocycles. The minimum atomic E-state index is -0.900. The molecule has 0 aliphatic carbocycles. The number of aliphatic hydroxyl groups excluding tert-OH is 2. The van der Waals surface area contributed by atoms with Gasteiger partial charge in [0.2, 0.25) is 5.91 Å². The van der Waals surface area contributed by atoms with E-state index in [0.29, 0.717) is 13.2 Å². The zero-order chi connectivity index (χ0) is 40.7. The first kappa shape index (κ1) is 51.3. The first-order valence-corrected chi connectivity index (χ1v) is 22.6. The molecule has 2 unspecified atom stereocenters. The highest BCUT2D eigenvalue weighted by molar-refractivity contribution is 5.81. The van der Waals surface area contributed by atoms with Crippen molar-refractivity contribution in [2.45, 2.75) is 199 Å². The van der Waals surface area contributed by atoms with E-state index in [1.54, 1.807) is 4.90 Å². The lowest BCUT2D eigenvalue weighted by atomic mass is 10.1. The molecule has 0 spiro atoms. The average Bonchev–Trinajstić information content (AvgIpc) is 3.48. The van der Waals surface area contributed by atoms with Crippen molar-refractivity contribution in [2.75, 3.05) is 32.8 Å². The van der Waals surface area contributed by atoms with Crippen LogP contribution < -0.4 is 5.32 Å². The fourth-order valence-corrected chi connectivity index (χ4v) is 6.70. The number of nitrogens with one attached hydrogen (secondary N) is 1. The normalized spacial score (nSPS) is 16.4. The number of aliphatic hydroxyl groups is 2. The fourth-order valence-electron chi connectivity index (χ4n) is 6.70. The summed E-state index contributed by atoms with van der Waals surface area (Å²) < 4.78 is 10.9. The van der Waals surface area contributed by atoms with Crippen molar-refractivity contribution in [3.63, 3.8) is 0 Å². The summed E-state index contributed by atoms with van der Waals surface area (Å²) in [5.41, 5.74) is 0. The number of carbonyl (C=O) groups is 3. The van der Waals surface area contributed by atoms with E-state index in [4.69, 9.17) is 9.47 Å². The quantitative estimate of drug-likeness (QED) is 0.0323. The van der Waals surface area contributed by atoms with Crippen LogP contribution >= 0.6 is 0 Å². The lowest BCUT2D eigenvalue weighted by Crippen LogP contribution is -2.44. The number of hydrogen-bond acceptors (Lipinski definition) is 8. The Hall–Kier alpha value is -2.75. The molecule has 56 heavy (non-hydrogen) atoms. The zero-order valence-electron chi connectivity index (χ0n) is 35.7. The Kier molecular flexibility index (Phi) is 34.6. The van der Waals surface area contributed by atoms with E-state index in [0.717, 1.165) is 77.0 Å². The molecule has 1 amide bonds. The molecule has 0 bridgehead atoms. The summed E-state index contributed by atoms with van der Waals surface area (Å²) in [6.07, 6.45) is 43.4. The first-order chi connectivity index (χ1) is 27.3. The first-order valence-electron chi connectivity index (χ1n) is 22.6. The minimum Gasteiger partial charge on any atom is -0.466 e. The van der Waals surface area contributed by atoms with E-state index >= 15 is 0 Å². The number of hydrogen-bond donors (Lipinski definition) is 3. The van der Waals surface area contributed by atoms with Crippen LogP contribution in [0.15, 0.2) is 48.6 Å². The summed E-state index contributed by atoms with van der Waals surface area (Å²) >= 11 is 0. The summed E-state index contributed by atoms with van der Waals surface area (Å²) in [7, 11) is 0. The number of carbonyl (C=O) groups excluding carboxylic acids is 3. The van der Waals surface area contributed by atoms with E-state index < -0.39 is 30.2 Å². The van der Waals surface area contributed by atoms with E-state index in [9.17, 15) is 24.6 Å². The molecule has 1 rings (SSSR count). The number of esters is 2. The Bertz CT molecular complexity index is 1010. The number of nitrogens with zero attached hydrogens (tertiary/aromatic N) is 1. The predicted molar refractivity (Wildman–Crippen MR) is 230 cm³/mol. The topological polar surface area (TPSA) is 125 Å². The van der Waals surface area contributed by atoms with Crippen molar-refractivity contribution < 1.29 is 34.1 Å². The molecule has 1 aliphatic rings. The molecular formula is C47H82N2O7. The largest absolute Gasteiger partial charge is 0.466 e. The second-order valence-electron chi connectivity index (χ2n) is 15.6. The Morgan fingerprint density at radius 2 is 0.911 bits per heavy atom. The van der Waals surface area contributed by atoms with E-state index in [1.165, 1.54) is 77.0 Å². The number of rotatable bonds is 37. The lowest BCUT2D eigenvalue weighted by molar-refractivity contribution is -0.146. The molecule has 1 fully saturated rings. The molecule has 0 aromatic carbocycles. The van der Waals surface area contributed by atoms with Crippen LogP contribution in [-0.4, -0.2) is 84.1 Å². The highest BCUT2D eigenvalue weighted by Crippen LogP contribution is 2.13. The summed E-state index contributed by atoms with van der Waals surface area (Å²) in [5, 5.41) is 22.5. The maximum atomic E-state index is 12.8. The van der Waals surface area contributed by atoms with Gasteiger partial charge in [0.25, 0.3) is 0 Å². The van der Waals surface area contributed by atoms with Gasteiger partial charge in [0, 0.05) is 19.1 Å². The third-order valence-electron chi connectivity index (χ3n) is 10.1. The molecule has 1 aliphatic heterocycles. The monoisotopic (exact) mass is 787 g/mol. The average molecular weight is 787 g/mol. The van der Waals surface area contributed by atoms with Gasteiger partial charge in [0.1, 0.15) is 0 Å². The molecule has 0 aromatic rings. The van der Waals surface area contributed by atoms with Crippen molar-refractivity contribution in [2.24, 2.45) is 0 Å². The number of amides is 1. The summed E-state index contributed by atoms with van der Waals surface area (Å²) in [6, 6.07) is -0.758. The molecule has 1 heterocycles. The van der Waals surface area contributed by atoms with Crippen molar-refractivity contribution in [1.29, 1.82) is 0 Å². The van der Waals surface area contributed by atoms with Crippen LogP contribution in [0.5, 0.6) is 0 Å². The van der Waals surface area contributed by atoms with Gasteiger partial charge in [-0.05, 0) is 77.0 Å². The van der Waals surface area contributed by atoms with Gasteiger partial charge < -0.3 is 25.0 Å². The smallest absolute Gasteiger partial charge is 0.307 e. The molecule has 0 aromatic heterocycles. The van der Waals surface area contributed by atoms with Crippen LogP contribution in [0.25, 0.3) is 0 Å². The van der Waals surface area contributed by atoms with Crippen molar-refractivity contribution in [3.8, 4) is 0 Å². The molecule has 2 atom stereocenters. The summed E-state index contributed by atoms with van der Waals surface area (Å²) in [4.78, 5) is 39.9. The van der Waals surface area contributed by atoms with E-state index in [2.05, 4.69) is 67.8 Å². The summed E-state index contributed by atoms with van der Waals surface area (Å²) in [6.45, 7) is 5.42. The van der Waals surface area contributed by atoms with Gasteiger partial charge in [0.05, 0.1) is 44.8 Å². The maximum Gasteiger partial charge on any atom is 0.307 e. The van der Waals surface area contributed by atoms with Gasteiger partial charge in [-0.25, -0.2) is 0 Å². The van der Waals surface area contributed by atoms with Gasteiger partial charge in [0.15, 0.2) is 0 Å². The van der Waals surface area contributed by atoms with Gasteiger partial charge >= 0.3 is 11.9 Å². The molecule has 9 nitrogen and oxygen atoms in total. The van der Waals surface area contributed by atoms with Gasteiger partial charge in [-0.15, -0.1) is 0 Å². The van der Waals surface area contributed by atoms with Gasteiger partial charge in [-0.2, -0.15) is 0 Å². The summed E-state index contributed by atoms with van der Waals surface area (Å²) in [5.74, 6) is -1.29. The molecule has 322 valence electrons. The number of ether oxygens (including phenoxy) is 2. The van der Waals surface area contributed by atoms with Crippen molar-refractivity contribution >= 4 is 17.8 Å². The number of unbranched alkanes of at least 4 members (excludes halogenated alkanes) is 18. The Morgan fingerprint density at radius 1 is 0.554 bits per heavy atom. The SMILES string of the molecule is CCCCC/C=C\C/C=C\CCCCCCCCOC(=O)CC(CC(=O)OCCCCCCCC/C=C\C/C=C\CCCCC)NC(=O)CN1CC(O)C(O)C1. The van der Waals surface area contributed by atoms with Crippen LogP contribution in [0, 0.1) is 0 Å². The second-order valence-corrected chi connectivity index (χ2v) is 15.6. The number of β-amino-alcohol motifs (C(OH)–C–C–N with tert-alkyl or cyclic N) is 2. The second kappa shape index (κ2) is 37.8. The third kappa shape index (κ3) is 32.3. The van der Waals surface area contributed by atoms with Crippen LogP contribution in [0.4, 0.5) is 0 Å². The van der Waals surface area contributed by atoms with Crippen LogP contribution in [0.2, 0.25) is 0 Å². The van der Waals surface area contributed by atoms with Crippen LogP contribution in [0.3, 0.4) is 0 Å². The third-order valence-corrected chi connectivity index (χ3v) is 10.1. The minimum absolute atomic E-state index is 0.0473. The van der Waals surface area contributed by atoms with Gasteiger partial charge in [-0.3, -0.25) is 19.3 Å². The fraction of sp³-hybridized carbons (Fsp3) is 0.766. The highest BCUT2D eigenvalue weighted by Gasteiger charge is 2.31. The molecule has 0 radical (unpaired) electrons. The Balaban J connectivity index is 2.25.